The number of rotatable bonds is 3. The third kappa shape index (κ3) is 2.78. The number of hydrogen-bond donors (Lipinski definition) is 0. The Morgan fingerprint density at radius 1 is 1.37 bits per heavy atom. The Kier molecular flexibility index (Phi) is 3.51. The van der Waals surface area contributed by atoms with Gasteiger partial charge in [0.2, 0.25) is 5.91 Å². The molecule has 0 aliphatic carbocycles. The molecule has 0 unspecified atom stereocenters. The third-order valence-electron chi connectivity index (χ3n) is 4.12. The lowest BCUT2D eigenvalue weighted by Crippen LogP contribution is -2.47. The SMILES string of the molecule is Cc1cccc(N2C[C@@H](CN3CCC3)CCC2=O)n1. The summed E-state index contributed by atoms with van der Waals surface area (Å²) in [5, 5.41) is 0. The van der Waals surface area contributed by atoms with Crippen molar-refractivity contribution in [3.63, 3.8) is 0 Å². The van der Waals surface area contributed by atoms with Crippen LogP contribution in [0.2, 0.25) is 0 Å². The summed E-state index contributed by atoms with van der Waals surface area (Å²) >= 11 is 0. The summed E-state index contributed by atoms with van der Waals surface area (Å²) in [5.41, 5.74) is 0.968. The van der Waals surface area contributed by atoms with Gasteiger partial charge in [0.25, 0.3) is 0 Å². The largest absolute Gasteiger partial charge is 0.303 e. The molecule has 3 rings (SSSR count). The van der Waals surface area contributed by atoms with E-state index in [1.54, 1.807) is 0 Å². The van der Waals surface area contributed by atoms with Crippen LogP contribution in [0.3, 0.4) is 0 Å². The molecular formula is C15H21N3O. The van der Waals surface area contributed by atoms with E-state index >= 15 is 0 Å². The van der Waals surface area contributed by atoms with E-state index in [9.17, 15) is 4.79 Å². The lowest BCUT2D eigenvalue weighted by molar-refractivity contribution is -0.120. The van der Waals surface area contributed by atoms with Crippen molar-refractivity contribution in [1.82, 2.24) is 9.88 Å². The molecule has 1 aromatic heterocycles. The van der Waals surface area contributed by atoms with Gasteiger partial charge in [-0.2, -0.15) is 0 Å². The summed E-state index contributed by atoms with van der Waals surface area (Å²) in [6.07, 6.45) is 3.01. The van der Waals surface area contributed by atoms with Crippen LogP contribution in [-0.4, -0.2) is 42.0 Å². The fraction of sp³-hybridized carbons (Fsp3) is 0.600. The second-order valence-electron chi connectivity index (χ2n) is 5.70. The number of aryl methyl sites for hydroxylation is 1. The topological polar surface area (TPSA) is 36.4 Å². The highest BCUT2D eigenvalue weighted by Gasteiger charge is 2.29. The monoisotopic (exact) mass is 259 g/mol. The van der Waals surface area contributed by atoms with Crippen molar-refractivity contribution in [1.29, 1.82) is 0 Å². The van der Waals surface area contributed by atoms with Crippen molar-refractivity contribution in [3.8, 4) is 0 Å². The van der Waals surface area contributed by atoms with Crippen molar-refractivity contribution < 1.29 is 4.79 Å². The fourth-order valence-corrected chi connectivity index (χ4v) is 2.89. The first-order chi connectivity index (χ1) is 9.22. The predicted octanol–water partition coefficient (Wildman–Crippen LogP) is 1.84. The van der Waals surface area contributed by atoms with E-state index in [0.29, 0.717) is 12.3 Å². The lowest BCUT2D eigenvalue weighted by Gasteiger charge is -2.38. The Balaban J connectivity index is 1.69. The second-order valence-corrected chi connectivity index (χ2v) is 5.70. The summed E-state index contributed by atoms with van der Waals surface area (Å²) in [6.45, 7) is 6.39. The lowest BCUT2D eigenvalue weighted by atomic mass is 9.95. The predicted molar refractivity (Wildman–Crippen MR) is 75.1 cm³/mol. The van der Waals surface area contributed by atoms with Gasteiger partial charge in [0, 0.05) is 25.2 Å². The molecule has 0 N–H and O–H groups in total. The number of hydrogen-bond acceptors (Lipinski definition) is 3. The van der Waals surface area contributed by atoms with Gasteiger partial charge in [-0.05, 0) is 50.9 Å². The smallest absolute Gasteiger partial charge is 0.228 e. The number of pyridine rings is 1. The molecule has 1 amide bonds. The molecule has 1 atom stereocenters. The van der Waals surface area contributed by atoms with Gasteiger partial charge in [0.05, 0.1) is 0 Å². The minimum Gasteiger partial charge on any atom is -0.303 e. The Bertz CT molecular complexity index is 470. The average Bonchev–Trinajstić information content (AvgIpc) is 2.35. The normalized spacial score (nSPS) is 24.4. The number of amides is 1. The molecule has 102 valence electrons. The Hall–Kier alpha value is -1.42. The number of piperidine rings is 1. The van der Waals surface area contributed by atoms with Crippen molar-refractivity contribution >= 4 is 11.7 Å². The molecule has 1 aromatic rings. The number of carbonyl (C=O) groups excluding carboxylic acids is 1. The molecule has 2 saturated heterocycles. The Morgan fingerprint density at radius 2 is 2.21 bits per heavy atom. The van der Waals surface area contributed by atoms with Crippen LogP contribution in [0.4, 0.5) is 5.82 Å². The molecule has 2 fully saturated rings. The second kappa shape index (κ2) is 5.29. The van der Waals surface area contributed by atoms with Crippen LogP contribution in [0.1, 0.15) is 25.0 Å². The van der Waals surface area contributed by atoms with Crippen LogP contribution in [0.15, 0.2) is 18.2 Å². The molecule has 0 aromatic carbocycles. The van der Waals surface area contributed by atoms with E-state index in [4.69, 9.17) is 0 Å². The molecule has 0 saturated carbocycles. The van der Waals surface area contributed by atoms with E-state index in [1.807, 2.05) is 30.0 Å². The van der Waals surface area contributed by atoms with Crippen LogP contribution in [-0.2, 0) is 4.79 Å². The molecule has 19 heavy (non-hydrogen) atoms. The Morgan fingerprint density at radius 3 is 2.89 bits per heavy atom. The maximum Gasteiger partial charge on any atom is 0.228 e. The summed E-state index contributed by atoms with van der Waals surface area (Å²) in [4.78, 5) is 20.9. The molecule has 0 bridgehead atoms. The molecule has 0 radical (unpaired) electrons. The van der Waals surface area contributed by atoms with Crippen LogP contribution >= 0.6 is 0 Å². The van der Waals surface area contributed by atoms with E-state index in [0.717, 1.165) is 31.0 Å². The highest BCUT2D eigenvalue weighted by molar-refractivity contribution is 5.93. The molecule has 2 aliphatic heterocycles. The zero-order chi connectivity index (χ0) is 13.2. The minimum atomic E-state index is 0.220. The van der Waals surface area contributed by atoms with Gasteiger partial charge in [0.15, 0.2) is 0 Å². The molecule has 3 heterocycles. The molecule has 4 heteroatoms. The quantitative estimate of drug-likeness (QED) is 0.831. The summed E-state index contributed by atoms with van der Waals surface area (Å²) in [7, 11) is 0. The van der Waals surface area contributed by atoms with Gasteiger partial charge in [-0.15, -0.1) is 0 Å². The van der Waals surface area contributed by atoms with Crippen molar-refractivity contribution in [2.45, 2.75) is 26.2 Å². The number of nitrogens with zero attached hydrogens (tertiary/aromatic N) is 3. The van der Waals surface area contributed by atoms with E-state index < -0.39 is 0 Å². The first-order valence-corrected chi connectivity index (χ1v) is 7.19. The number of anilines is 1. The van der Waals surface area contributed by atoms with Gasteiger partial charge in [-0.3, -0.25) is 9.69 Å². The molecule has 4 nitrogen and oxygen atoms in total. The first kappa shape index (κ1) is 12.6. The van der Waals surface area contributed by atoms with Crippen LogP contribution in [0.25, 0.3) is 0 Å². The van der Waals surface area contributed by atoms with E-state index in [1.165, 1.54) is 19.5 Å². The number of likely N-dealkylation sites (tertiary alicyclic amines) is 1. The van der Waals surface area contributed by atoms with E-state index in [-0.39, 0.29) is 5.91 Å². The third-order valence-corrected chi connectivity index (χ3v) is 4.12. The fourth-order valence-electron chi connectivity index (χ4n) is 2.89. The zero-order valence-electron chi connectivity index (χ0n) is 11.5. The van der Waals surface area contributed by atoms with Crippen molar-refractivity contribution in [3.05, 3.63) is 23.9 Å². The van der Waals surface area contributed by atoms with Crippen molar-refractivity contribution in [2.75, 3.05) is 31.1 Å². The Labute approximate surface area is 114 Å². The van der Waals surface area contributed by atoms with Gasteiger partial charge in [-0.1, -0.05) is 6.07 Å². The highest BCUT2D eigenvalue weighted by atomic mass is 16.2. The summed E-state index contributed by atoms with van der Waals surface area (Å²) < 4.78 is 0. The standard InChI is InChI=1S/C15H21N3O/c1-12-4-2-5-14(16-12)18-11-13(6-7-15(18)19)10-17-8-3-9-17/h2,4-5,13H,3,6-11H2,1H3/t13-/m1/s1. The first-order valence-electron chi connectivity index (χ1n) is 7.19. The summed E-state index contributed by atoms with van der Waals surface area (Å²) in [5.74, 6) is 1.64. The maximum absolute atomic E-state index is 12.1. The number of carbonyl (C=O) groups is 1. The molecule has 2 aliphatic rings. The average molecular weight is 259 g/mol. The van der Waals surface area contributed by atoms with Gasteiger partial charge < -0.3 is 4.90 Å². The zero-order valence-corrected chi connectivity index (χ0v) is 11.5. The number of aromatic nitrogens is 1. The van der Waals surface area contributed by atoms with Gasteiger partial charge >= 0.3 is 0 Å². The maximum atomic E-state index is 12.1. The van der Waals surface area contributed by atoms with E-state index in [2.05, 4.69) is 9.88 Å². The van der Waals surface area contributed by atoms with Gasteiger partial charge in [0.1, 0.15) is 5.82 Å². The molecular weight excluding hydrogens is 238 g/mol. The summed E-state index contributed by atoms with van der Waals surface area (Å²) in [6, 6.07) is 5.89. The van der Waals surface area contributed by atoms with Crippen LogP contribution in [0, 0.1) is 12.8 Å². The minimum absolute atomic E-state index is 0.220. The van der Waals surface area contributed by atoms with Crippen molar-refractivity contribution in [2.24, 2.45) is 5.92 Å². The van der Waals surface area contributed by atoms with Crippen LogP contribution in [0.5, 0.6) is 0 Å². The molecule has 0 spiro atoms. The van der Waals surface area contributed by atoms with Gasteiger partial charge in [-0.25, -0.2) is 4.98 Å². The van der Waals surface area contributed by atoms with Crippen LogP contribution < -0.4 is 4.90 Å². The highest BCUT2D eigenvalue weighted by Crippen LogP contribution is 2.24.